The molecule has 1 aromatic carbocycles. The van der Waals surface area contributed by atoms with Crippen molar-refractivity contribution in [3.63, 3.8) is 0 Å². The van der Waals surface area contributed by atoms with E-state index in [-0.39, 0.29) is 5.82 Å². The maximum Gasteiger partial charge on any atom is 0.337 e. The minimum Gasteiger partial charge on any atom is -0.478 e. The SMILES string of the molecule is NCC1(c2[nH]c3c(c2C(=O)O)CCc2cnc(-c4ccc(CN5CCOCC5)c(F)c4)nc2-3)CNC1. The minimum absolute atomic E-state index is 0.293. The lowest BCUT2D eigenvalue weighted by Gasteiger charge is -2.41. The van der Waals surface area contributed by atoms with Gasteiger partial charge in [0, 0.05) is 67.7 Å². The number of halogens is 1. The van der Waals surface area contributed by atoms with Crippen molar-refractivity contribution in [1.82, 2.24) is 25.2 Å². The Morgan fingerprint density at radius 3 is 2.72 bits per heavy atom. The Morgan fingerprint density at radius 1 is 1.25 bits per heavy atom. The number of hydrogen-bond acceptors (Lipinski definition) is 7. The second kappa shape index (κ2) is 9.04. The van der Waals surface area contributed by atoms with Crippen molar-refractivity contribution in [2.45, 2.75) is 24.8 Å². The van der Waals surface area contributed by atoms with E-state index in [9.17, 15) is 9.90 Å². The molecule has 3 aliphatic rings. The lowest BCUT2D eigenvalue weighted by atomic mass is 9.76. The van der Waals surface area contributed by atoms with Gasteiger partial charge < -0.3 is 25.9 Å². The number of aromatic nitrogens is 3. The van der Waals surface area contributed by atoms with Gasteiger partial charge in [0.1, 0.15) is 5.82 Å². The molecule has 2 saturated heterocycles. The van der Waals surface area contributed by atoms with E-state index in [2.05, 4.69) is 20.2 Å². The van der Waals surface area contributed by atoms with Crippen LogP contribution in [0.15, 0.2) is 24.4 Å². The van der Waals surface area contributed by atoms with E-state index >= 15 is 4.39 Å². The van der Waals surface area contributed by atoms with Crippen molar-refractivity contribution in [1.29, 1.82) is 0 Å². The van der Waals surface area contributed by atoms with Crippen LogP contribution >= 0.6 is 0 Å². The van der Waals surface area contributed by atoms with Gasteiger partial charge in [-0.05, 0) is 30.0 Å². The van der Waals surface area contributed by atoms with Crippen LogP contribution in [0.5, 0.6) is 0 Å². The maximum atomic E-state index is 15.0. The number of morpholine rings is 1. The van der Waals surface area contributed by atoms with Crippen molar-refractivity contribution in [2.75, 3.05) is 45.9 Å². The summed E-state index contributed by atoms with van der Waals surface area (Å²) in [6.07, 6.45) is 2.99. The van der Waals surface area contributed by atoms with Crippen LogP contribution in [-0.2, 0) is 29.5 Å². The number of ether oxygens (including phenoxy) is 1. The van der Waals surface area contributed by atoms with E-state index in [1.165, 1.54) is 6.07 Å². The number of H-pyrrole nitrogens is 1. The Balaban J connectivity index is 1.36. The molecule has 9 nitrogen and oxygen atoms in total. The van der Waals surface area contributed by atoms with E-state index < -0.39 is 11.4 Å². The summed E-state index contributed by atoms with van der Waals surface area (Å²) in [6, 6.07) is 5.11. The van der Waals surface area contributed by atoms with Gasteiger partial charge in [-0.2, -0.15) is 0 Å². The molecule has 2 aromatic heterocycles. The Kier molecular flexibility index (Phi) is 5.83. The first kappa shape index (κ1) is 23.2. The van der Waals surface area contributed by atoms with Crippen molar-refractivity contribution >= 4 is 5.97 Å². The molecule has 1 aliphatic carbocycles. The molecule has 3 aromatic rings. The van der Waals surface area contributed by atoms with Crippen molar-refractivity contribution in [3.05, 3.63) is 58.2 Å². The first-order valence-corrected chi connectivity index (χ1v) is 12.3. The number of nitrogens with one attached hydrogen (secondary N) is 2. The second-order valence-corrected chi connectivity index (χ2v) is 9.88. The molecule has 36 heavy (non-hydrogen) atoms. The van der Waals surface area contributed by atoms with Gasteiger partial charge in [-0.25, -0.2) is 19.2 Å². The Bertz CT molecular complexity index is 1320. The third-order valence-corrected chi connectivity index (χ3v) is 7.72. The first-order chi connectivity index (χ1) is 17.5. The van der Waals surface area contributed by atoms with Gasteiger partial charge in [0.15, 0.2) is 5.82 Å². The molecule has 2 fully saturated rings. The second-order valence-electron chi connectivity index (χ2n) is 9.88. The van der Waals surface area contributed by atoms with Gasteiger partial charge >= 0.3 is 5.97 Å². The van der Waals surface area contributed by atoms with Crippen LogP contribution in [0.3, 0.4) is 0 Å². The zero-order chi connectivity index (χ0) is 24.9. The van der Waals surface area contributed by atoms with Crippen molar-refractivity contribution < 1.29 is 19.0 Å². The summed E-state index contributed by atoms with van der Waals surface area (Å²) >= 11 is 0. The van der Waals surface area contributed by atoms with Crippen LogP contribution in [0.1, 0.15) is 32.7 Å². The highest BCUT2D eigenvalue weighted by Crippen LogP contribution is 2.40. The highest BCUT2D eigenvalue weighted by molar-refractivity contribution is 5.95. The number of rotatable bonds is 6. The quantitative estimate of drug-likeness (QED) is 0.409. The molecule has 0 radical (unpaired) electrons. The number of carboxylic acid groups (broad SMARTS) is 1. The monoisotopic (exact) mass is 492 g/mol. The molecule has 188 valence electrons. The third kappa shape index (κ3) is 3.81. The molecule has 0 atom stereocenters. The molecular formula is C26H29FN6O3. The van der Waals surface area contributed by atoms with E-state index in [0.717, 1.165) is 24.2 Å². The molecule has 6 rings (SSSR count). The molecule has 0 spiro atoms. The maximum absolute atomic E-state index is 15.0. The number of carboxylic acids is 1. The summed E-state index contributed by atoms with van der Waals surface area (Å²) in [6.45, 7) is 5.03. The number of benzene rings is 1. The van der Waals surface area contributed by atoms with E-state index in [1.54, 1.807) is 12.3 Å². The minimum atomic E-state index is -0.960. The highest BCUT2D eigenvalue weighted by Gasteiger charge is 2.44. The summed E-state index contributed by atoms with van der Waals surface area (Å²) in [5.74, 6) is -0.845. The Labute approximate surface area is 207 Å². The van der Waals surface area contributed by atoms with Gasteiger partial charge in [0.05, 0.1) is 30.2 Å². The first-order valence-electron chi connectivity index (χ1n) is 12.3. The van der Waals surface area contributed by atoms with Crippen LogP contribution in [0, 0.1) is 5.82 Å². The van der Waals surface area contributed by atoms with E-state index in [4.69, 9.17) is 15.5 Å². The third-order valence-electron chi connectivity index (χ3n) is 7.72. The van der Waals surface area contributed by atoms with Gasteiger partial charge in [-0.3, -0.25) is 4.90 Å². The molecule has 0 bridgehead atoms. The number of aromatic carboxylic acids is 1. The Morgan fingerprint density at radius 2 is 2.06 bits per heavy atom. The smallest absolute Gasteiger partial charge is 0.337 e. The van der Waals surface area contributed by atoms with Crippen LogP contribution in [-0.4, -0.2) is 76.9 Å². The lowest BCUT2D eigenvalue weighted by Crippen LogP contribution is -2.61. The normalized spacial score (nSPS) is 18.8. The predicted octanol–water partition coefficient (Wildman–Crippen LogP) is 1.71. The number of fused-ring (bicyclic) bond motifs is 3. The van der Waals surface area contributed by atoms with Gasteiger partial charge in [0.2, 0.25) is 0 Å². The summed E-state index contributed by atoms with van der Waals surface area (Å²) in [7, 11) is 0. The van der Waals surface area contributed by atoms with Gasteiger partial charge in [-0.15, -0.1) is 0 Å². The molecule has 4 heterocycles. The number of aryl methyl sites for hydroxylation is 1. The number of aromatic amines is 1. The average molecular weight is 493 g/mol. The zero-order valence-corrected chi connectivity index (χ0v) is 19.9. The number of hydrogen-bond donors (Lipinski definition) is 4. The standard InChI is InChI=1S/C26H29FN6O3/c27-19-9-15(1-2-17(19)11-33-5-7-36-8-6-33)24-30-10-16-3-4-18-20(25(34)35)23(26(12-28)13-29-14-26)31-22(18)21(16)32-24/h1-2,9-10,29,31H,3-8,11-14,28H2,(H,34,35). The Hall–Kier alpha value is -3.18. The van der Waals surface area contributed by atoms with Crippen LogP contribution in [0.2, 0.25) is 0 Å². The number of carbonyl (C=O) groups is 1. The fourth-order valence-corrected chi connectivity index (χ4v) is 5.49. The van der Waals surface area contributed by atoms with Crippen molar-refractivity contribution in [3.8, 4) is 22.8 Å². The topological polar surface area (TPSA) is 129 Å². The van der Waals surface area contributed by atoms with Gasteiger partial charge in [-0.1, -0.05) is 12.1 Å². The summed E-state index contributed by atoms with van der Waals surface area (Å²) < 4.78 is 20.4. The molecular weight excluding hydrogens is 463 g/mol. The lowest BCUT2D eigenvalue weighted by molar-refractivity contribution is 0.0337. The van der Waals surface area contributed by atoms with E-state index in [1.807, 2.05) is 6.07 Å². The fourth-order valence-electron chi connectivity index (χ4n) is 5.49. The predicted molar refractivity (Wildman–Crippen MR) is 131 cm³/mol. The van der Waals surface area contributed by atoms with Crippen molar-refractivity contribution in [2.24, 2.45) is 5.73 Å². The molecule has 5 N–H and O–H groups in total. The number of nitrogens with two attached hydrogens (primary N) is 1. The summed E-state index contributed by atoms with van der Waals surface area (Å²) in [5, 5.41) is 13.3. The molecule has 0 amide bonds. The highest BCUT2D eigenvalue weighted by atomic mass is 19.1. The fraction of sp³-hybridized carbons (Fsp3) is 0.423. The van der Waals surface area contributed by atoms with Crippen LogP contribution in [0.4, 0.5) is 4.39 Å². The molecule has 0 unspecified atom stereocenters. The summed E-state index contributed by atoms with van der Waals surface area (Å²) in [5.41, 5.74) is 10.9. The summed E-state index contributed by atoms with van der Waals surface area (Å²) in [4.78, 5) is 27.2. The van der Waals surface area contributed by atoms with Gasteiger partial charge in [0.25, 0.3) is 0 Å². The molecule has 0 saturated carbocycles. The zero-order valence-electron chi connectivity index (χ0n) is 19.9. The van der Waals surface area contributed by atoms with Crippen LogP contribution < -0.4 is 11.1 Å². The average Bonchev–Trinajstić information content (AvgIpc) is 3.26. The molecule has 2 aliphatic heterocycles. The number of nitrogens with zero attached hydrogens (tertiary/aromatic N) is 3. The van der Waals surface area contributed by atoms with E-state index in [0.29, 0.717) is 91.8 Å². The van der Waals surface area contributed by atoms with Crippen LogP contribution in [0.25, 0.3) is 22.8 Å². The molecule has 10 heteroatoms. The largest absolute Gasteiger partial charge is 0.478 e.